The minimum atomic E-state index is -0.152. The van der Waals surface area contributed by atoms with Crippen molar-refractivity contribution in [1.29, 1.82) is 0 Å². The molecule has 1 fully saturated rings. The number of hydrogen-bond acceptors (Lipinski definition) is 3. The number of carbonyl (C=O) groups is 1. The van der Waals surface area contributed by atoms with Crippen molar-refractivity contribution in [3.05, 3.63) is 35.9 Å². The molecular formula is C11H13NO2. The van der Waals surface area contributed by atoms with E-state index in [4.69, 9.17) is 4.74 Å². The largest absolute Gasteiger partial charge is 0.465 e. The fourth-order valence-corrected chi connectivity index (χ4v) is 1.52. The second kappa shape index (κ2) is 3.80. The zero-order valence-electron chi connectivity index (χ0n) is 8.07. The quantitative estimate of drug-likeness (QED) is 0.578. The van der Waals surface area contributed by atoms with Crippen molar-refractivity contribution in [3.63, 3.8) is 0 Å². The molecule has 1 aromatic rings. The van der Waals surface area contributed by atoms with E-state index in [1.54, 1.807) is 0 Å². The Morgan fingerprint density at radius 2 is 2.14 bits per heavy atom. The number of hydrogen-bond donors (Lipinski definition) is 1. The molecule has 2 unspecified atom stereocenters. The van der Waals surface area contributed by atoms with E-state index in [1.807, 2.05) is 37.3 Å². The first-order valence-electron chi connectivity index (χ1n) is 4.80. The van der Waals surface area contributed by atoms with Crippen molar-refractivity contribution in [2.24, 2.45) is 0 Å². The van der Waals surface area contributed by atoms with Gasteiger partial charge >= 0.3 is 5.97 Å². The van der Waals surface area contributed by atoms with Crippen LogP contribution in [0, 0.1) is 0 Å². The average Bonchev–Trinajstić information content (AvgIpc) is 2.99. The predicted molar refractivity (Wildman–Crippen MR) is 52.7 cm³/mol. The van der Waals surface area contributed by atoms with Gasteiger partial charge in [-0.2, -0.15) is 0 Å². The van der Waals surface area contributed by atoms with Gasteiger partial charge in [0.1, 0.15) is 6.04 Å². The predicted octanol–water partition coefficient (Wildman–Crippen LogP) is 1.26. The summed E-state index contributed by atoms with van der Waals surface area (Å²) in [5.74, 6) is -0.152. The van der Waals surface area contributed by atoms with Gasteiger partial charge < -0.3 is 4.74 Å². The van der Waals surface area contributed by atoms with Gasteiger partial charge in [0.05, 0.1) is 12.6 Å². The molecule has 1 aliphatic heterocycles. The van der Waals surface area contributed by atoms with Gasteiger partial charge in [-0.1, -0.05) is 30.3 Å². The fourth-order valence-electron chi connectivity index (χ4n) is 1.52. The van der Waals surface area contributed by atoms with Crippen LogP contribution in [-0.4, -0.2) is 18.6 Å². The highest BCUT2D eigenvalue weighted by atomic mass is 16.5. The van der Waals surface area contributed by atoms with Crippen LogP contribution in [0.25, 0.3) is 0 Å². The molecule has 0 amide bonds. The van der Waals surface area contributed by atoms with Gasteiger partial charge in [-0.05, 0) is 12.5 Å². The maximum absolute atomic E-state index is 11.3. The summed E-state index contributed by atoms with van der Waals surface area (Å²) in [7, 11) is 0. The van der Waals surface area contributed by atoms with Crippen molar-refractivity contribution in [2.45, 2.75) is 19.0 Å². The van der Waals surface area contributed by atoms with Gasteiger partial charge in [0.2, 0.25) is 0 Å². The van der Waals surface area contributed by atoms with Crippen LogP contribution < -0.4 is 5.32 Å². The first-order valence-corrected chi connectivity index (χ1v) is 4.80. The van der Waals surface area contributed by atoms with Crippen molar-refractivity contribution < 1.29 is 9.53 Å². The second-order valence-electron chi connectivity index (χ2n) is 3.28. The Bertz CT molecular complexity index is 323. The lowest BCUT2D eigenvalue weighted by Gasteiger charge is -1.98. The third kappa shape index (κ3) is 1.77. The third-order valence-electron chi connectivity index (χ3n) is 2.28. The molecule has 1 aliphatic rings. The summed E-state index contributed by atoms with van der Waals surface area (Å²) >= 11 is 0. The number of carbonyl (C=O) groups excluding carboxylic acids is 1. The summed E-state index contributed by atoms with van der Waals surface area (Å²) in [5.41, 5.74) is 1.14. The number of benzene rings is 1. The molecule has 0 spiro atoms. The van der Waals surface area contributed by atoms with Gasteiger partial charge in [-0.15, -0.1) is 0 Å². The SMILES string of the molecule is CCOC(=O)C1NC1c1ccccc1. The van der Waals surface area contributed by atoms with Gasteiger partial charge in [-0.25, -0.2) is 0 Å². The maximum atomic E-state index is 11.3. The van der Waals surface area contributed by atoms with Crippen LogP contribution in [0.5, 0.6) is 0 Å². The minimum Gasteiger partial charge on any atom is -0.465 e. The maximum Gasteiger partial charge on any atom is 0.325 e. The number of esters is 1. The Morgan fingerprint density at radius 3 is 2.79 bits per heavy atom. The lowest BCUT2D eigenvalue weighted by atomic mass is 10.1. The minimum absolute atomic E-state index is 0.141. The van der Waals surface area contributed by atoms with Crippen LogP contribution in [0.1, 0.15) is 18.5 Å². The molecule has 2 atom stereocenters. The molecule has 1 saturated heterocycles. The van der Waals surface area contributed by atoms with Gasteiger partial charge in [-0.3, -0.25) is 10.1 Å². The van der Waals surface area contributed by atoms with Crippen LogP contribution in [0.3, 0.4) is 0 Å². The molecule has 1 heterocycles. The van der Waals surface area contributed by atoms with Crippen molar-refractivity contribution in [2.75, 3.05) is 6.61 Å². The van der Waals surface area contributed by atoms with Crippen LogP contribution >= 0.6 is 0 Å². The van der Waals surface area contributed by atoms with E-state index in [0.717, 1.165) is 5.56 Å². The first-order chi connectivity index (χ1) is 6.83. The van der Waals surface area contributed by atoms with Crippen molar-refractivity contribution >= 4 is 5.97 Å². The van der Waals surface area contributed by atoms with Crippen LogP contribution in [-0.2, 0) is 9.53 Å². The Kier molecular flexibility index (Phi) is 2.50. The Morgan fingerprint density at radius 1 is 1.43 bits per heavy atom. The average molecular weight is 191 g/mol. The van der Waals surface area contributed by atoms with Crippen LogP contribution in [0.15, 0.2) is 30.3 Å². The molecule has 0 aliphatic carbocycles. The van der Waals surface area contributed by atoms with E-state index >= 15 is 0 Å². The normalized spacial score (nSPS) is 24.4. The Labute approximate surface area is 83.1 Å². The summed E-state index contributed by atoms with van der Waals surface area (Å²) in [6, 6.07) is 9.93. The molecule has 1 N–H and O–H groups in total. The van der Waals surface area contributed by atoms with Gasteiger partial charge in [0, 0.05) is 0 Å². The van der Waals surface area contributed by atoms with Crippen molar-refractivity contribution in [3.8, 4) is 0 Å². The molecule has 0 radical (unpaired) electrons. The van der Waals surface area contributed by atoms with Gasteiger partial charge in [0.25, 0.3) is 0 Å². The zero-order valence-corrected chi connectivity index (χ0v) is 8.07. The lowest BCUT2D eigenvalue weighted by Crippen LogP contribution is -2.13. The molecule has 0 saturated carbocycles. The van der Waals surface area contributed by atoms with E-state index in [-0.39, 0.29) is 18.1 Å². The fraction of sp³-hybridized carbons (Fsp3) is 0.364. The number of rotatable bonds is 3. The van der Waals surface area contributed by atoms with E-state index in [1.165, 1.54) is 0 Å². The standard InChI is InChI=1S/C11H13NO2/c1-2-14-11(13)10-9(12-10)8-6-4-3-5-7-8/h3-7,9-10,12H,2H2,1H3. The smallest absolute Gasteiger partial charge is 0.325 e. The summed E-state index contributed by atoms with van der Waals surface area (Å²) in [6.07, 6.45) is 0. The van der Waals surface area contributed by atoms with E-state index in [0.29, 0.717) is 6.61 Å². The highest BCUT2D eigenvalue weighted by Crippen LogP contribution is 2.29. The highest BCUT2D eigenvalue weighted by Gasteiger charge is 2.44. The molecule has 0 aromatic heterocycles. The summed E-state index contributed by atoms with van der Waals surface area (Å²) in [6.45, 7) is 2.26. The molecule has 3 nitrogen and oxygen atoms in total. The van der Waals surface area contributed by atoms with Crippen LogP contribution in [0.4, 0.5) is 0 Å². The number of ether oxygens (including phenoxy) is 1. The lowest BCUT2D eigenvalue weighted by molar-refractivity contribution is -0.142. The highest BCUT2D eigenvalue weighted by molar-refractivity contribution is 5.80. The summed E-state index contributed by atoms with van der Waals surface area (Å²) in [4.78, 5) is 11.3. The zero-order chi connectivity index (χ0) is 9.97. The Hall–Kier alpha value is -1.35. The molecule has 2 rings (SSSR count). The second-order valence-corrected chi connectivity index (χ2v) is 3.28. The topological polar surface area (TPSA) is 48.2 Å². The molecule has 0 bridgehead atoms. The molecular weight excluding hydrogens is 178 g/mol. The van der Waals surface area contributed by atoms with E-state index < -0.39 is 0 Å². The van der Waals surface area contributed by atoms with Gasteiger partial charge in [0.15, 0.2) is 0 Å². The molecule has 1 aromatic carbocycles. The third-order valence-corrected chi connectivity index (χ3v) is 2.28. The van der Waals surface area contributed by atoms with E-state index in [2.05, 4.69) is 5.32 Å². The molecule has 14 heavy (non-hydrogen) atoms. The molecule has 3 heteroatoms. The van der Waals surface area contributed by atoms with Crippen molar-refractivity contribution in [1.82, 2.24) is 5.32 Å². The first kappa shape index (κ1) is 9.21. The monoisotopic (exact) mass is 191 g/mol. The van der Waals surface area contributed by atoms with Crippen LogP contribution in [0.2, 0.25) is 0 Å². The number of nitrogens with one attached hydrogen (secondary N) is 1. The summed E-state index contributed by atoms with van der Waals surface area (Å²) in [5, 5.41) is 3.10. The summed E-state index contributed by atoms with van der Waals surface area (Å²) < 4.78 is 4.92. The molecule has 74 valence electrons. The Balaban J connectivity index is 1.96. The van der Waals surface area contributed by atoms with E-state index in [9.17, 15) is 4.79 Å².